The zero-order valence-electron chi connectivity index (χ0n) is 20.2. The van der Waals surface area contributed by atoms with Crippen molar-refractivity contribution in [3.05, 3.63) is 48.0 Å². The average molecular weight is 437 g/mol. The summed E-state index contributed by atoms with van der Waals surface area (Å²) < 4.78 is 11.6. The van der Waals surface area contributed by atoms with Gasteiger partial charge in [0.25, 0.3) is 0 Å². The van der Waals surface area contributed by atoms with Crippen molar-refractivity contribution in [1.29, 1.82) is 0 Å². The van der Waals surface area contributed by atoms with Crippen molar-refractivity contribution in [2.24, 2.45) is 33.5 Å². The van der Waals surface area contributed by atoms with Crippen LogP contribution in [0, 0.1) is 33.5 Å². The molecule has 4 nitrogen and oxygen atoms in total. The van der Waals surface area contributed by atoms with Crippen LogP contribution in [0.15, 0.2) is 46.8 Å². The molecule has 32 heavy (non-hydrogen) atoms. The van der Waals surface area contributed by atoms with E-state index in [1.54, 1.807) is 6.26 Å². The molecule has 0 spiro atoms. The number of ketones is 1. The van der Waals surface area contributed by atoms with Crippen molar-refractivity contribution < 1.29 is 18.7 Å². The molecule has 1 aromatic heterocycles. The molecule has 0 bridgehead atoms. The van der Waals surface area contributed by atoms with Crippen LogP contribution in [0.25, 0.3) is 0 Å². The second-order valence-electron chi connectivity index (χ2n) is 11.9. The Kier molecular flexibility index (Phi) is 4.56. The number of carbonyl (C=O) groups is 2. The fraction of sp³-hybridized carbons (Fsp3) is 0.643. The summed E-state index contributed by atoms with van der Waals surface area (Å²) in [7, 11) is 0. The first-order valence-electron chi connectivity index (χ1n) is 12.1. The first-order valence-corrected chi connectivity index (χ1v) is 12.1. The minimum Gasteiger partial charge on any atom is -0.472 e. The fourth-order valence-corrected chi connectivity index (χ4v) is 8.60. The number of esters is 1. The number of furan rings is 1. The predicted molar refractivity (Wildman–Crippen MR) is 123 cm³/mol. The summed E-state index contributed by atoms with van der Waals surface area (Å²) in [6.07, 6.45) is 13.7. The first-order chi connectivity index (χ1) is 15.0. The Hall–Kier alpha value is -2.10. The van der Waals surface area contributed by atoms with Gasteiger partial charge in [-0.15, -0.1) is 0 Å². The SMILES string of the molecule is CC(=O)O[C@H]1C[C@H]2C(C)(C)C(=O)C=C[C@]2(C)[C@H]2CC[C@]3(C)C(=CC[C@H]3c3ccoc3)[C@]12C. The highest BCUT2D eigenvalue weighted by Crippen LogP contribution is 2.72. The predicted octanol–water partition coefficient (Wildman–Crippen LogP) is 6.24. The first kappa shape index (κ1) is 21.7. The van der Waals surface area contributed by atoms with Crippen molar-refractivity contribution >= 4 is 11.8 Å². The van der Waals surface area contributed by atoms with Crippen molar-refractivity contribution in [3.63, 3.8) is 0 Å². The van der Waals surface area contributed by atoms with E-state index >= 15 is 0 Å². The van der Waals surface area contributed by atoms with E-state index in [4.69, 9.17) is 9.15 Å². The molecule has 7 atom stereocenters. The van der Waals surface area contributed by atoms with E-state index in [0.717, 1.165) is 25.7 Å². The minimum atomic E-state index is -0.465. The topological polar surface area (TPSA) is 56.5 Å². The number of carbonyl (C=O) groups excluding carboxylic acids is 2. The molecule has 2 saturated carbocycles. The molecule has 2 fully saturated rings. The summed E-state index contributed by atoms with van der Waals surface area (Å²) in [5.41, 5.74) is 1.88. The molecule has 4 heteroatoms. The van der Waals surface area contributed by atoms with Gasteiger partial charge in [0.2, 0.25) is 0 Å². The second kappa shape index (κ2) is 6.71. The molecule has 4 aliphatic rings. The maximum absolute atomic E-state index is 12.9. The highest BCUT2D eigenvalue weighted by atomic mass is 16.5. The summed E-state index contributed by atoms with van der Waals surface area (Å²) >= 11 is 0. The van der Waals surface area contributed by atoms with Gasteiger partial charge in [-0.25, -0.2) is 0 Å². The summed E-state index contributed by atoms with van der Waals surface area (Å²) in [6, 6.07) is 2.10. The molecular formula is C28H36O4. The van der Waals surface area contributed by atoms with Crippen LogP contribution in [0.4, 0.5) is 0 Å². The van der Waals surface area contributed by atoms with Crippen molar-refractivity contribution in [2.45, 2.75) is 79.2 Å². The van der Waals surface area contributed by atoms with Gasteiger partial charge in [-0.2, -0.15) is 0 Å². The van der Waals surface area contributed by atoms with Gasteiger partial charge in [0.05, 0.1) is 12.5 Å². The lowest BCUT2D eigenvalue weighted by molar-refractivity contribution is -0.187. The lowest BCUT2D eigenvalue weighted by atomic mass is 9.38. The third-order valence-corrected chi connectivity index (χ3v) is 10.2. The Labute approximate surface area is 191 Å². The number of ether oxygens (including phenoxy) is 1. The largest absolute Gasteiger partial charge is 0.472 e. The quantitative estimate of drug-likeness (QED) is 0.407. The molecule has 172 valence electrons. The van der Waals surface area contributed by atoms with Crippen molar-refractivity contribution in [2.75, 3.05) is 0 Å². The molecule has 5 rings (SSSR count). The van der Waals surface area contributed by atoms with Crippen LogP contribution in [0.3, 0.4) is 0 Å². The highest BCUT2D eigenvalue weighted by molar-refractivity contribution is 5.95. The van der Waals surface area contributed by atoms with Crippen LogP contribution in [0.1, 0.15) is 78.7 Å². The molecular weight excluding hydrogens is 400 g/mol. The van der Waals surface area contributed by atoms with Gasteiger partial charge < -0.3 is 9.15 Å². The van der Waals surface area contributed by atoms with E-state index < -0.39 is 5.41 Å². The van der Waals surface area contributed by atoms with E-state index in [-0.39, 0.29) is 40.0 Å². The summed E-state index contributed by atoms with van der Waals surface area (Å²) in [5.74, 6) is 0.796. The Morgan fingerprint density at radius 2 is 1.91 bits per heavy atom. The number of fused-ring (bicyclic) bond motifs is 5. The zero-order valence-corrected chi connectivity index (χ0v) is 20.2. The standard InChI is InChI=1S/C28H36O4/c1-17(29)32-24-15-22-25(2,3)23(30)10-13-27(22,5)21-9-12-26(4)19(18-11-14-31-16-18)7-8-20(26)28(21,24)6/h8,10-11,13-14,16,19,21-22,24H,7,9,12,15H2,1-6H3/t19-,21+,22-,24-,26-,27+,28-/m0/s1. The lowest BCUT2D eigenvalue weighted by Gasteiger charge is -2.66. The minimum absolute atomic E-state index is 0.0143. The monoisotopic (exact) mass is 436 g/mol. The Balaban J connectivity index is 1.64. The molecule has 1 heterocycles. The zero-order chi connectivity index (χ0) is 23.1. The van der Waals surface area contributed by atoms with E-state index in [0.29, 0.717) is 11.8 Å². The Bertz CT molecular complexity index is 1010. The number of hydrogen-bond donors (Lipinski definition) is 0. The summed E-state index contributed by atoms with van der Waals surface area (Å²) in [4.78, 5) is 25.2. The number of rotatable bonds is 2. The van der Waals surface area contributed by atoms with Gasteiger partial charge in [0.1, 0.15) is 6.10 Å². The maximum atomic E-state index is 12.9. The second-order valence-corrected chi connectivity index (χ2v) is 11.9. The Morgan fingerprint density at radius 3 is 2.56 bits per heavy atom. The third kappa shape index (κ3) is 2.61. The lowest BCUT2D eigenvalue weighted by Crippen LogP contribution is -2.64. The maximum Gasteiger partial charge on any atom is 0.302 e. The van der Waals surface area contributed by atoms with Crippen LogP contribution in [-0.4, -0.2) is 17.9 Å². The molecule has 0 radical (unpaired) electrons. The van der Waals surface area contributed by atoms with E-state index in [2.05, 4.69) is 52.8 Å². The van der Waals surface area contributed by atoms with E-state index in [1.165, 1.54) is 18.1 Å². The molecule has 0 N–H and O–H groups in total. The molecule has 0 aromatic carbocycles. The molecule has 0 aliphatic heterocycles. The van der Waals surface area contributed by atoms with Gasteiger partial charge in [-0.3, -0.25) is 9.59 Å². The number of hydrogen-bond acceptors (Lipinski definition) is 4. The summed E-state index contributed by atoms with van der Waals surface area (Å²) in [5, 5.41) is 0. The van der Waals surface area contributed by atoms with Crippen LogP contribution in [-0.2, 0) is 14.3 Å². The van der Waals surface area contributed by atoms with Crippen LogP contribution in [0.2, 0.25) is 0 Å². The molecule has 4 aliphatic carbocycles. The normalized spacial score (nSPS) is 44.3. The fourth-order valence-electron chi connectivity index (χ4n) is 8.60. The molecule has 0 saturated heterocycles. The van der Waals surface area contributed by atoms with Crippen molar-refractivity contribution in [1.82, 2.24) is 0 Å². The average Bonchev–Trinajstić information content (AvgIpc) is 3.34. The van der Waals surface area contributed by atoms with Crippen LogP contribution >= 0.6 is 0 Å². The summed E-state index contributed by atoms with van der Waals surface area (Å²) in [6.45, 7) is 12.8. The molecule has 0 amide bonds. The van der Waals surface area contributed by atoms with Gasteiger partial charge in [-0.1, -0.05) is 52.3 Å². The van der Waals surface area contributed by atoms with Gasteiger partial charge >= 0.3 is 5.97 Å². The van der Waals surface area contributed by atoms with Gasteiger partial charge in [0.15, 0.2) is 5.78 Å². The number of allylic oxidation sites excluding steroid dienone is 3. The van der Waals surface area contributed by atoms with Crippen LogP contribution < -0.4 is 0 Å². The Morgan fingerprint density at radius 1 is 1.16 bits per heavy atom. The van der Waals surface area contributed by atoms with Gasteiger partial charge in [0, 0.05) is 17.8 Å². The van der Waals surface area contributed by atoms with Crippen LogP contribution in [0.5, 0.6) is 0 Å². The van der Waals surface area contributed by atoms with Crippen molar-refractivity contribution in [3.8, 4) is 0 Å². The molecule has 0 unspecified atom stereocenters. The third-order valence-electron chi connectivity index (χ3n) is 10.2. The van der Waals surface area contributed by atoms with Gasteiger partial charge in [-0.05, 0) is 72.0 Å². The van der Waals surface area contributed by atoms with E-state index in [1.807, 2.05) is 12.3 Å². The van der Waals surface area contributed by atoms with E-state index in [9.17, 15) is 9.59 Å². The molecule has 1 aromatic rings. The smallest absolute Gasteiger partial charge is 0.302 e. The highest BCUT2D eigenvalue weighted by Gasteiger charge is 2.68.